The molecule has 0 bridgehead atoms. The predicted octanol–water partition coefficient (Wildman–Crippen LogP) is 5.85. The van der Waals surface area contributed by atoms with Crippen molar-refractivity contribution in [2.45, 2.75) is 103 Å². The molecule has 0 saturated heterocycles. The summed E-state index contributed by atoms with van der Waals surface area (Å²) < 4.78 is 5.80. The van der Waals surface area contributed by atoms with Gasteiger partial charge in [-0.1, -0.05) is 56.9 Å². The van der Waals surface area contributed by atoms with Crippen LogP contribution in [0.1, 0.15) is 99.8 Å². The highest BCUT2D eigenvalue weighted by atomic mass is 32.2. The van der Waals surface area contributed by atoms with E-state index in [-0.39, 0.29) is 23.9 Å². The van der Waals surface area contributed by atoms with Crippen molar-refractivity contribution >= 4 is 41.2 Å². The van der Waals surface area contributed by atoms with E-state index in [2.05, 4.69) is 63.7 Å². The number of carbonyl (C=O) groups is 1. The summed E-state index contributed by atoms with van der Waals surface area (Å²) in [6.07, 6.45) is 14.6. The predicted molar refractivity (Wildman–Crippen MR) is 192 cm³/mol. The van der Waals surface area contributed by atoms with Gasteiger partial charge in [0.1, 0.15) is 11.6 Å². The largest absolute Gasteiger partial charge is 0.496 e. The minimum Gasteiger partial charge on any atom is -0.496 e. The molecule has 2 aromatic heterocycles. The second-order valence-electron chi connectivity index (χ2n) is 11.6. The van der Waals surface area contributed by atoms with Gasteiger partial charge in [-0.15, -0.1) is 10.2 Å². The number of benzene rings is 1. The van der Waals surface area contributed by atoms with E-state index in [9.17, 15) is 4.79 Å². The molecule has 1 amide bonds. The quantitative estimate of drug-likeness (QED) is 0.0959. The van der Waals surface area contributed by atoms with Gasteiger partial charge in [0.25, 0.3) is 0 Å². The van der Waals surface area contributed by atoms with Gasteiger partial charge >= 0.3 is 0 Å². The SMILES string of the molecule is CCCCC(CCSC)NC(=O)CCc1nc(N)nc(NC(CCCC)CCSC)c1Cc1cc(Cc2nn[nH]n2)ccc1OC. The van der Waals surface area contributed by atoms with Crippen LogP contribution in [-0.2, 0) is 24.1 Å². The van der Waals surface area contributed by atoms with E-state index in [4.69, 9.17) is 20.4 Å². The zero-order valence-electron chi connectivity index (χ0n) is 28.2. The molecule has 0 fully saturated rings. The summed E-state index contributed by atoms with van der Waals surface area (Å²) in [5.74, 6) is 4.44. The van der Waals surface area contributed by atoms with Crippen LogP contribution in [0.15, 0.2) is 18.2 Å². The first kappa shape index (κ1) is 37.4. The van der Waals surface area contributed by atoms with E-state index in [1.165, 1.54) is 0 Å². The molecular weight excluding hydrogens is 619 g/mol. The van der Waals surface area contributed by atoms with E-state index >= 15 is 0 Å². The molecule has 11 nitrogen and oxygen atoms in total. The number of aromatic amines is 1. The van der Waals surface area contributed by atoms with Gasteiger partial charge in [0.15, 0.2) is 5.82 Å². The molecule has 3 rings (SSSR count). The summed E-state index contributed by atoms with van der Waals surface area (Å²) in [7, 11) is 1.68. The Morgan fingerprint density at radius 3 is 2.37 bits per heavy atom. The molecule has 254 valence electrons. The maximum Gasteiger partial charge on any atom is 0.222 e. The Morgan fingerprint density at radius 1 is 1.00 bits per heavy atom. The summed E-state index contributed by atoms with van der Waals surface area (Å²) in [5.41, 5.74) is 10.1. The number of hydrogen-bond acceptors (Lipinski definition) is 11. The van der Waals surface area contributed by atoms with Crippen LogP contribution in [0.25, 0.3) is 0 Å². The lowest BCUT2D eigenvalue weighted by molar-refractivity contribution is -0.121. The molecule has 1 aromatic carbocycles. The van der Waals surface area contributed by atoms with Crippen LogP contribution in [-0.4, -0.2) is 79.7 Å². The molecule has 0 saturated carbocycles. The lowest BCUT2D eigenvalue weighted by Crippen LogP contribution is -2.35. The number of aryl methyl sites for hydroxylation is 1. The number of nitrogens with zero attached hydrogens (tertiary/aromatic N) is 5. The molecule has 2 unspecified atom stereocenters. The fourth-order valence-corrected chi connectivity index (χ4v) is 6.54. The van der Waals surface area contributed by atoms with E-state index in [1.807, 2.05) is 35.7 Å². The van der Waals surface area contributed by atoms with Crippen LogP contribution in [0.3, 0.4) is 0 Å². The Hall–Kier alpha value is -3.06. The van der Waals surface area contributed by atoms with E-state index in [0.717, 1.165) is 96.8 Å². The number of tetrazole rings is 1. The molecule has 0 aliphatic rings. The summed E-state index contributed by atoms with van der Waals surface area (Å²) >= 11 is 3.66. The molecule has 0 aliphatic carbocycles. The number of amides is 1. The van der Waals surface area contributed by atoms with Gasteiger partial charge in [-0.3, -0.25) is 4.79 Å². The van der Waals surface area contributed by atoms with Crippen molar-refractivity contribution in [1.82, 2.24) is 35.9 Å². The first-order valence-corrected chi connectivity index (χ1v) is 19.3. The lowest BCUT2D eigenvalue weighted by Gasteiger charge is -2.23. The monoisotopic (exact) mass is 671 g/mol. The van der Waals surface area contributed by atoms with Crippen molar-refractivity contribution in [2.75, 3.05) is 42.2 Å². The van der Waals surface area contributed by atoms with Crippen molar-refractivity contribution in [3.63, 3.8) is 0 Å². The summed E-state index contributed by atoms with van der Waals surface area (Å²) in [6.45, 7) is 4.40. The fourth-order valence-electron chi connectivity index (χ4n) is 5.50. The number of anilines is 2. The zero-order valence-corrected chi connectivity index (χ0v) is 29.9. The molecule has 0 spiro atoms. The second-order valence-corrected chi connectivity index (χ2v) is 13.6. The number of nitrogens with one attached hydrogen (secondary N) is 3. The molecule has 3 aromatic rings. The van der Waals surface area contributed by atoms with E-state index in [0.29, 0.717) is 31.5 Å². The third-order valence-electron chi connectivity index (χ3n) is 8.02. The van der Waals surface area contributed by atoms with Gasteiger partial charge in [0, 0.05) is 36.9 Å². The zero-order chi connectivity index (χ0) is 33.1. The molecule has 2 heterocycles. The maximum atomic E-state index is 13.3. The first-order valence-electron chi connectivity index (χ1n) is 16.5. The fraction of sp³-hybridized carbons (Fsp3) is 0.636. The van der Waals surface area contributed by atoms with Crippen molar-refractivity contribution in [3.05, 3.63) is 46.4 Å². The standard InChI is InChI=1S/C33H53N9O2S2/c1-6-8-10-25(16-18-45-4)35-31(43)15-13-28-27(32(38-33(34)37-28)36-26(11-9-7-2)17-19-46-5)22-24-20-23(12-14-29(24)44-3)21-30-39-41-42-40-30/h12,14,20,25-26H,6-11,13,15-19,21-22H2,1-5H3,(H,35,43)(H3,34,36,37,38)(H,39,40,41,42). The highest BCUT2D eigenvalue weighted by molar-refractivity contribution is 7.98. The van der Waals surface area contributed by atoms with Crippen LogP contribution in [0, 0.1) is 0 Å². The number of H-pyrrole nitrogens is 1. The van der Waals surface area contributed by atoms with Crippen molar-refractivity contribution in [1.29, 1.82) is 0 Å². The van der Waals surface area contributed by atoms with E-state index in [1.54, 1.807) is 7.11 Å². The lowest BCUT2D eigenvalue weighted by atomic mass is 9.97. The van der Waals surface area contributed by atoms with Crippen LogP contribution in [0.5, 0.6) is 5.75 Å². The van der Waals surface area contributed by atoms with Crippen LogP contribution in [0.4, 0.5) is 11.8 Å². The van der Waals surface area contributed by atoms with Gasteiger partial charge in [-0.2, -0.15) is 33.7 Å². The highest BCUT2D eigenvalue weighted by Crippen LogP contribution is 2.30. The summed E-state index contributed by atoms with van der Waals surface area (Å²) in [6, 6.07) is 6.53. The van der Waals surface area contributed by atoms with Crippen LogP contribution >= 0.6 is 23.5 Å². The average Bonchev–Trinajstić information content (AvgIpc) is 3.57. The van der Waals surface area contributed by atoms with Gasteiger partial charge in [0.05, 0.1) is 12.8 Å². The summed E-state index contributed by atoms with van der Waals surface area (Å²) in [4.78, 5) is 22.7. The van der Waals surface area contributed by atoms with E-state index < -0.39 is 0 Å². The number of nitrogen functional groups attached to an aromatic ring is 1. The Balaban J connectivity index is 1.95. The highest BCUT2D eigenvalue weighted by Gasteiger charge is 2.21. The minimum atomic E-state index is 0.0420. The molecule has 13 heteroatoms. The minimum absolute atomic E-state index is 0.0420. The van der Waals surface area contributed by atoms with Gasteiger partial charge in [-0.25, -0.2) is 4.98 Å². The number of methoxy groups -OCH3 is 1. The smallest absolute Gasteiger partial charge is 0.222 e. The number of thioether (sulfide) groups is 2. The van der Waals surface area contributed by atoms with Gasteiger partial charge in [0.2, 0.25) is 11.9 Å². The molecule has 46 heavy (non-hydrogen) atoms. The Morgan fingerprint density at radius 2 is 1.72 bits per heavy atom. The summed E-state index contributed by atoms with van der Waals surface area (Å²) in [5, 5.41) is 21.5. The maximum absolute atomic E-state index is 13.3. The van der Waals surface area contributed by atoms with Crippen molar-refractivity contribution < 1.29 is 9.53 Å². The first-order chi connectivity index (χ1) is 22.4. The third kappa shape index (κ3) is 12.6. The molecule has 0 radical (unpaired) electrons. The Labute approximate surface area is 283 Å². The molecule has 0 aliphatic heterocycles. The average molecular weight is 672 g/mol. The van der Waals surface area contributed by atoms with Gasteiger partial charge < -0.3 is 21.1 Å². The van der Waals surface area contributed by atoms with Crippen LogP contribution < -0.4 is 21.1 Å². The topological polar surface area (TPSA) is 157 Å². The Kier molecular flexibility index (Phi) is 17.0. The molecular formula is C33H53N9O2S2. The number of aromatic nitrogens is 6. The molecule has 5 N–H and O–H groups in total. The number of rotatable bonds is 23. The second kappa shape index (κ2) is 20.9. The number of carbonyl (C=O) groups excluding carboxylic acids is 1. The normalized spacial score (nSPS) is 12.5. The number of nitrogens with two attached hydrogens (primary N) is 1. The van der Waals surface area contributed by atoms with Gasteiger partial charge in [-0.05, 0) is 73.3 Å². The number of hydrogen-bond donors (Lipinski definition) is 4. The third-order valence-corrected chi connectivity index (χ3v) is 9.31. The number of ether oxygens (including phenoxy) is 1. The van der Waals surface area contributed by atoms with Crippen molar-refractivity contribution in [3.8, 4) is 5.75 Å². The van der Waals surface area contributed by atoms with Crippen molar-refractivity contribution in [2.24, 2.45) is 0 Å². The number of unbranched alkanes of at least 4 members (excludes halogenated alkanes) is 2. The molecule has 2 atom stereocenters. The van der Waals surface area contributed by atoms with Crippen LogP contribution in [0.2, 0.25) is 0 Å². The Bertz CT molecular complexity index is 1290.